The normalized spacial score (nSPS) is 12.5. The summed E-state index contributed by atoms with van der Waals surface area (Å²) < 4.78 is 5.59. The highest BCUT2D eigenvalue weighted by molar-refractivity contribution is 14.1. The molecule has 1 aromatic heterocycles. The lowest BCUT2D eigenvalue weighted by molar-refractivity contribution is -0.402. The van der Waals surface area contributed by atoms with Crippen LogP contribution in [-0.2, 0) is 0 Å². The summed E-state index contributed by atoms with van der Waals surface area (Å²) in [5.74, 6) is -0.591. The standard InChI is InChI=1S/C10H13IN2O4/c1-6(2)7(5-11)12-10(14)8-3-4-9(17-8)13(15)16/h3-4,6-7H,5H2,1-2H3,(H,12,14). The molecule has 1 heterocycles. The molecule has 7 heteroatoms. The maximum Gasteiger partial charge on any atom is 0.433 e. The van der Waals surface area contributed by atoms with E-state index in [0.717, 1.165) is 4.43 Å². The van der Waals surface area contributed by atoms with Gasteiger partial charge in [0.25, 0.3) is 5.91 Å². The molecule has 6 nitrogen and oxygen atoms in total. The van der Waals surface area contributed by atoms with Crippen LogP contribution in [-0.4, -0.2) is 21.3 Å². The van der Waals surface area contributed by atoms with E-state index in [-0.39, 0.29) is 11.8 Å². The van der Waals surface area contributed by atoms with Crippen LogP contribution in [0.3, 0.4) is 0 Å². The first kappa shape index (κ1) is 13.9. The summed E-state index contributed by atoms with van der Waals surface area (Å²) in [5.41, 5.74) is 0. The van der Waals surface area contributed by atoms with Crippen molar-refractivity contribution in [2.75, 3.05) is 4.43 Å². The molecule has 0 aliphatic heterocycles. The fourth-order valence-corrected chi connectivity index (χ4v) is 2.41. The van der Waals surface area contributed by atoms with Crippen molar-refractivity contribution in [3.8, 4) is 0 Å². The summed E-state index contributed by atoms with van der Waals surface area (Å²) >= 11 is 2.18. The Kier molecular flexibility index (Phi) is 4.91. The van der Waals surface area contributed by atoms with E-state index in [1.54, 1.807) is 0 Å². The van der Waals surface area contributed by atoms with Crippen molar-refractivity contribution in [3.63, 3.8) is 0 Å². The lowest BCUT2D eigenvalue weighted by Crippen LogP contribution is -2.39. The third-order valence-corrected chi connectivity index (χ3v) is 3.23. The molecule has 0 bridgehead atoms. The molecule has 94 valence electrons. The number of halogens is 1. The van der Waals surface area contributed by atoms with Crippen molar-refractivity contribution < 1.29 is 14.1 Å². The second-order valence-corrected chi connectivity index (χ2v) is 4.75. The van der Waals surface area contributed by atoms with E-state index in [2.05, 4.69) is 27.9 Å². The molecule has 0 aliphatic rings. The van der Waals surface area contributed by atoms with Crippen molar-refractivity contribution in [1.82, 2.24) is 5.32 Å². The number of carbonyl (C=O) groups is 1. The Labute approximate surface area is 112 Å². The predicted molar refractivity (Wildman–Crippen MR) is 70.3 cm³/mol. The SMILES string of the molecule is CC(C)C(CI)NC(=O)c1ccc([N+](=O)[O-])o1. The predicted octanol–water partition coefficient (Wildman–Crippen LogP) is 2.38. The Morgan fingerprint density at radius 2 is 2.24 bits per heavy atom. The number of hydrogen-bond acceptors (Lipinski definition) is 4. The highest BCUT2D eigenvalue weighted by atomic mass is 127. The van der Waals surface area contributed by atoms with Crippen LogP contribution < -0.4 is 5.32 Å². The fraction of sp³-hybridized carbons (Fsp3) is 0.500. The van der Waals surface area contributed by atoms with E-state index in [9.17, 15) is 14.9 Å². The minimum absolute atomic E-state index is 0.0206. The van der Waals surface area contributed by atoms with E-state index in [1.807, 2.05) is 13.8 Å². The molecular weight excluding hydrogens is 339 g/mol. The number of amides is 1. The van der Waals surface area contributed by atoms with Gasteiger partial charge in [-0.25, -0.2) is 0 Å². The monoisotopic (exact) mass is 352 g/mol. The van der Waals surface area contributed by atoms with Crippen LogP contribution in [0, 0.1) is 16.0 Å². The first-order valence-electron chi connectivity index (χ1n) is 5.06. The first-order valence-corrected chi connectivity index (χ1v) is 6.59. The van der Waals surface area contributed by atoms with Crippen LogP contribution in [0.2, 0.25) is 0 Å². The van der Waals surface area contributed by atoms with Crippen LogP contribution in [0.15, 0.2) is 16.5 Å². The van der Waals surface area contributed by atoms with Crippen LogP contribution in [0.25, 0.3) is 0 Å². The average Bonchev–Trinajstić information content (AvgIpc) is 2.74. The minimum Gasteiger partial charge on any atom is -0.395 e. The van der Waals surface area contributed by atoms with Crippen molar-refractivity contribution in [2.45, 2.75) is 19.9 Å². The van der Waals surface area contributed by atoms with E-state index in [1.165, 1.54) is 12.1 Å². The molecule has 0 saturated heterocycles. The number of furan rings is 1. The lowest BCUT2D eigenvalue weighted by Gasteiger charge is -2.18. The number of hydrogen-bond donors (Lipinski definition) is 1. The molecular formula is C10H13IN2O4. The second kappa shape index (κ2) is 5.99. The fourth-order valence-electron chi connectivity index (χ4n) is 1.17. The lowest BCUT2D eigenvalue weighted by atomic mass is 10.1. The number of nitrogens with one attached hydrogen (secondary N) is 1. The Morgan fingerprint density at radius 3 is 2.65 bits per heavy atom. The summed E-state index contributed by atoms with van der Waals surface area (Å²) in [6, 6.07) is 2.49. The van der Waals surface area contributed by atoms with Crippen LogP contribution in [0.1, 0.15) is 24.4 Å². The van der Waals surface area contributed by atoms with Crippen molar-refractivity contribution >= 4 is 34.4 Å². The van der Waals surface area contributed by atoms with Gasteiger partial charge in [-0.15, -0.1) is 0 Å². The molecule has 0 radical (unpaired) electrons. The Balaban J connectivity index is 2.72. The Hall–Kier alpha value is -1.12. The number of rotatable bonds is 5. The zero-order chi connectivity index (χ0) is 13.0. The van der Waals surface area contributed by atoms with Gasteiger partial charge in [-0.1, -0.05) is 36.4 Å². The summed E-state index contributed by atoms with van der Waals surface area (Å²) in [6.45, 7) is 3.99. The van der Waals surface area contributed by atoms with Crippen LogP contribution in [0.4, 0.5) is 5.88 Å². The molecule has 17 heavy (non-hydrogen) atoms. The van der Waals surface area contributed by atoms with Gasteiger partial charge in [0, 0.05) is 10.5 Å². The Morgan fingerprint density at radius 1 is 1.59 bits per heavy atom. The molecule has 0 fully saturated rings. The first-order chi connectivity index (χ1) is 7.95. The maximum absolute atomic E-state index is 11.7. The largest absolute Gasteiger partial charge is 0.433 e. The summed E-state index contributed by atoms with van der Waals surface area (Å²) in [7, 11) is 0. The number of carbonyl (C=O) groups excluding carboxylic acids is 1. The molecule has 1 unspecified atom stereocenters. The third-order valence-electron chi connectivity index (χ3n) is 2.28. The molecule has 0 saturated carbocycles. The van der Waals surface area contributed by atoms with Crippen molar-refractivity contribution in [3.05, 3.63) is 28.0 Å². The highest BCUT2D eigenvalue weighted by Crippen LogP contribution is 2.16. The second-order valence-electron chi connectivity index (χ2n) is 3.87. The zero-order valence-corrected chi connectivity index (χ0v) is 11.6. The number of alkyl halides is 1. The zero-order valence-electron chi connectivity index (χ0n) is 9.47. The van der Waals surface area contributed by atoms with Crippen LogP contribution in [0.5, 0.6) is 0 Å². The van der Waals surface area contributed by atoms with Gasteiger partial charge >= 0.3 is 5.88 Å². The van der Waals surface area contributed by atoms with E-state index in [0.29, 0.717) is 5.92 Å². The van der Waals surface area contributed by atoms with Gasteiger partial charge in [-0.2, -0.15) is 0 Å². The minimum atomic E-state index is -0.672. The summed E-state index contributed by atoms with van der Waals surface area (Å²) in [6.07, 6.45) is 0. The molecule has 1 N–H and O–H groups in total. The van der Waals surface area contributed by atoms with Gasteiger partial charge in [0.1, 0.15) is 4.92 Å². The summed E-state index contributed by atoms with van der Waals surface area (Å²) in [4.78, 5) is 21.5. The quantitative estimate of drug-likeness (QED) is 0.382. The molecule has 0 aromatic carbocycles. The number of nitrogens with zero attached hydrogens (tertiary/aromatic N) is 1. The molecule has 1 atom stereocenters. The van der Waals surface area contributed by atoms with Gasteiger partial charge in [0.15, 0.2) is 5.76 Å². The number of nitro groups is 1. The van der Waals surface area contributed by atoms with Crippen molar-refractivity contribution in [2.24, 2.45) is 5.92 Å². The smallest absolute Gasteiger partial charge is 0.395 e. The Bertz CT molecular complexity index is 416. The molecule has 0 aliphatic carbocycles. The molecule has 0 spiro atoms. The van der Waals surface area contributed by atoms with E-state index in [4.69, 9.17) is 4.42 Å². The topological polar surface area (TPSA) is 85.4 Å². The van der Waals surface area contributed by atoms with Crippen LogP contribution >= 0.6 is 22.6 Å². The van der Waals surface area contributed by atoms with Gasteiger partial charge < -0.3 is 9.73 Å². The van der Waals surface area contributed by atoms with E-state index >= 15 is 0 Å². The van der Waals surface area contributed by atoms with Gasteiger partial charge in [0.05, 0.1) is 6.07 Å². The van der Waals surface area contributed by atoms with Gasteiger partial charge in [-0.3, -0.25) is 14.9 Å². The molecule has 1 aromatic rings. The maximum atomic E-state index is 11.7. The van der Waals surface area contributed by atoms with Gasteiger partial charge in [0.2, 0.25) is 0 Å². The van der Waals surface area contributed by atoms with Crippen molar-refractivity contribution in [1.29, 1.82) is 0 Å². The van der Waals surface area contributed by atoms with Gasteiger partial charge in [-0.05, 0) is 12.0 Å². The van der Waals surface area contributed by atoms with E-state index < -0.39 is 16.7 Å². The third kappa shape index (κ3) is 3.69. The average molecular weight is 352 g/mol. The molecule has 1 rings (SSSR count). The summed E-state index contributed by atoms with van der Waals surface area (Å²) in [5, 5.41) is 13.2. The highest BCUT2D eigenvalue weighted by Gasteiger charge is 2.20. The molecule has 1 amide bonds.